The normalized spacial score (nSPS) is 15.2. The molecular formula is C19H19N3O3S. The first-order valence-electron chi connectivity index (χ1n) is 8.64. The third-order valence-electron chi connectivity index (χ3n) is 4.80. The number of carbonyl (C=O) groups excluding carboxylic acids is 3. The van der Waals surface area contributed by atoms with Gasteiger partial charge >= 0.3 is 0 Å². The van der Waals surface area contributed by atoms with Crippen LogP contribution in [-0.4, -0.2) is 29.2 Å². The molecule has 0 saturated carbocycles. The summed E-state index contributed by atoms with van der Waals surface area (Å²) in [5.41, 5.74) is 3.33. The van der Waals surface area contributed by atoms with Crippen LogP contribution in [-0.2, 0) is 29.1 Å². The molecule has 2 N–H and O–H groups in total. The monoisotopic (exact) mass is 369 g/mol. The zero-order valence-corrected chi connectivity index (χ0v) is 15.0. The van der Waals surface area contributed by atoms with Gasteiger partial charge in [-0.1, -0.05) is 6.07 Å². The molecule has 0 radical (unpaired) electrons. The number of nitrogens with one attached hydrogen (secondary N) is 2. The van der Waals surface area contributed by atoms with Crippen LogP contribution >= 0.6 is 11.3 Å². The maximum atomic E-state index is 12.4. The Morgan fingerprint density at radius 1 is 1.19 bits per heavy atom. The van der Waals surface area contributed by atoms with Crippen LogP contribution < -0.4 is 10.6 Å². The van der Waals surface area contributed by atoms with Gasteiger partial charge in [0.05, 0.1) is 0 Å². The lowest BCUT2D eigenvalue weighted by molar-refractivity contribution is -0.133. The highest BCUT2D eigenvalue weighted by Crippen LogP contribution is 2.24. The Morgan fingerprint density at radius 2 is 2.08 bits per heavy atom. The van der Waals surface area contributed by atoms with Crippen LogP contribution in [0.3, 0.4) is 0 Å². The minimum Gasteiger partial charge on any atom is -0.348 e. The SMILES string of the molecule is O=C(CCC(=O)N1CCc2sccc2C1)Nc1ccc2c(c1)C(=O)NC2. The maximum absolute atomic E-state index is 12.4. The van der Waals surface area contributed by atoms with Crippen LogP contribution in [0.15, 0.2) is 29.6 Å². The van der Waals surface area contributed by atoms with E-state index < -0.39 is 0 Å². The molecule has 0 saturated heterocycles. The van der Waals surface area contributed by atoms with E-state index in [1.807, 2.05) is 11.0 Å². The number of benzene rings is 1. The lowest BCUT2D eigenvalue weighted by Crippen LogP contribution is -2.35. The topological polar surface area (TPSA) is 78.5 Å². The van der Waals surface area contributed by atoms with Crippen molar-refractivity contribution in [3.63, 3.8) is 0 Å². The number of amides is 3. The summed E-state index contributed by atoms with van der Waals surface area (Å²) in [6.45, 7) is 1.88. The molecule has 4 rings (SSSR count). The molecule has 0 aliphatic carbocycles. The number of anilines is 1. The smallest absolute Gasteiger partial charge is 0.251 e. The van der Waals surface area contributed by atoms with Gasteiger partial charge in [-0.15, -0.1) is 11.3 Å². The maximum Gasteiger partial charge on any atom is 0.251 e. The van der Waals surface area contributed by atoms with Crippen LogP contribution in [0, 0.1) is 0 Å². The van der Waals surface area contributed by atoms with Crippen molar-refractivity contribution in [3.05, 3.63) is 51.2 Å². The van der Waals surface area contributed by atoms with Gasteiger partial charge in [-0.2, -0.15) is 0 Å². The average molecular weight is 369 g/mol. The summed E-state index contributed by atoms with van der Waals surface area (Å²) in [5.74, 6) is -0.334. The Morgan fingerprint density at radius 3 is 2.96 bits per heavy atom. The molecule has 2 aliphatic heterocycles. The summed E-state index contributed by atoms with van der Waals surface area (Å²) in [4.78, 5) is 39.4. The van der Waals surface area contributed by atoms with Crippen molar-refractivity contribution < 1.29 is 14.4 Å². The molecular weight excluding hydrogens is 350 g/mol. The highest BCUT2D eigenvalue weighted by Gasteiger charge is 2.22. The number of thiophene rings is 1. The Labute approximate surface area is 155 Å². The first kappa shape index (κ1) is 16.8. The van der Waals surface area contributed by atoms with E-state index in [0.717, 1.165) is 12.0 Å². The van der Waals surface area contributed by atoms with E-state index in [1.54, 1.807) is 23.5 Å². The van der Waals surface area contributed by atoms with Crippen molar-refractivity contribution in [2.45, 2.75) is 32.4 Å². The van der Waals surface area contributed by atoms with Crippen molar-refractivity contribution in [3.8, 4) is 0 Å². The summed E-state index contributed by atoms with van der Waals surface area (Å²) in [6, 6.07) is 7.36. The van der Waals surface area contributed by atoms with Gasteiger partial charge in [0.15, 0.2) is 0 Å². The summed E-state index contributed by atoms with van der Waals surface area (Å²) < 4.78 is 0. The molecule has 3 heterocycles. The molecule has 134 valence electrons. The van der Waals surface area contributed by atoms with Crippen LogP contribution in [0.2, 0.25) is 0 Å². The number of hydrogen-bond donors (Lipinski definition) is 2. The average Bonchev–Trinajstić information content (AvgIpc) is 3.26. The zero-order chi connectivity index (χ0) is 18.1. The van der Waals surface area contributed by atoms with Gasteiger partial charge in [-0.05, 0) is 41.1 Å². The first-order chi connectivity index (χ1) is 12.6. The van der Waals surface area contributed by atoms with Gasteiger partial charge in [-0.25, -0.2) is 0 Å². The highest BCUT2D eigenvalue weighted by molar-refractivity contribution is 7.10. The number of rotatable bonds is 4. The van der Waals surface area contributed by atoms with E-state index in [1.165, 1.54) is 10.4 Å². The number of nitrogens with zero attached hydrogens (tertiary/aromatic N) is 1. The van der Waals surface area contributed by atoms with Gasteiger partial charge in [0.2, 0.25) is 11.8 Å². The fraction of sp³-hybridized carbons (Fsp3) is 0.316. The van der Waals surface area contributed by atoms with E-state index in [0.29, 0.717) is 30.9 Å². The van der Waals surface area contributed by atoms with Crippen LogP contribution in [0.5, 0.6) is 0 Å². The summed E-state index contributed by atoms with van der Waals surface area (Å²) in [7, 11) is 0. The Bertz CT molecular complexity index is 890. The van der Waals surface area contributed by atoms with E-state index in [2.05, 4.69) is 22.1 Å². The summed E-state index contributed by atoms with van der Waals surface area (Å²) >= 11 is 1.74. The molecule has 3 amide bonds. The van der Waals surface area contributed by atoms with Crippen molar-refractivity contribution in [2.75, 3.05) is 11.9 Å². The zero-order valence-electron chi connectivity index (χ0n) is 14.2. The number of carbonyl (C=O) groups is 3. The molecule has 0 bridgehead atoms. The molecule has 2 aromatic rings. The molecule has 7 heteroatoms. The second kappa shape index (κ2) is 6.92. The summed E-state index contributed by atoms with van der Waals surface area (Å²) in [5, 5.41) is 7.58. The first-order valence-corrected chi connectivity index (χ1v) is 9.52. The Hall–Kier alpha value is -2.67. The van der Waals surface area contributed by atoms with Crippen LogP contribution in [0.1, 0.15) is 39.2 Å². The summed E-state index contributed by atoms with van der Waals surface area (Å²) in [6.07, 6.45) is 1.22. The van der Waals surface area contributed by atoms with E-state index >= 15 is 0 Å². The van der Waals surface area contributed by atoms with Crippen molar-refractivity contribution in [2.24, 2.45) is 0 Å². The van der Waals surface area contributed by atoms with Crippen molar-refractivity contribution in [1.82, 2.24) is 10.2 Å². The second-order valence-electron chi connectivity index (χ2n) is 6.54. The number of hydrogen-bond acceptors (Lipinski definition) is 4. The predicted molar refractivity (Wildman–Crippen MR) is 98.9 cm³/mol. The van der Waals surface area contributed by atoms with Crippen molar-refractivity contribution >= 4 is 34.7 Å². The lowest BCUT2D eigenvalue weighted by atomic mass is 10.1. The third-order valence-corrected chi connectivity index (χ3v) is 5.83. The molecule has 1 aromatic carbocycles. The van der Waals surface area contributed by atoms with E-state index in [-0.39, 0.29) is 30.6 Å². The van der Waals surface area contributed by atoms with E-state index in [9.17, 15) is 14.4 Å². The molecule has 0 fully saturated rings. The molecule has 1 aromatic heterocycles. The third kappa shape index (κ3) is 3.35. The Balaban J connectivity index is 1.30. The predicted octanol–water partition coefficient (Wildman–Crippen LogP) is 2.30. The minimum absolute atomic E-state index is 0.00494. The molecule has 2 aliphatic rings. The van der Waals surface area contributed by atoms with Gasteiger partial charge < -0.3 is 15.5 Å². The second-order valence-corrected chi connectivity index (χ2v) is 7.54. The lowest BCUT2D eigenvalue weighted by Gasteiger charge is -2.27. The fourth-order valence-electron chi connectivity index (χ4n) is 3.35. The molecule has 26 heavy (non-hydrogen) atoms. The van der Waals surface area contributed by atoms with Crippen LogP contribution in [0.25, 0.3) is 0 Å². The number of fused-ring (bicyclic) bond motifs is 2. The minimum atomic E-state index is -0.218. The van der Waals surface area contributed by atoms with Gasteiger partial charge in [0.25, 0.3) is 5.91 Å². The van der Waals surface area contributed by atoms with E-state index in [4.69, 9.17) is 0 Å². The Kier molecular flexibility index (Phi) is 4.46. The van der Waals surface area contributed by atoms with Gasteiger partial charge in [0.1, 0.15) is 0 Å². The molecule has 6 nitrogen and oxygen atoms in total. The fourth-order valence-corrected chi connectivity index (χ4v) is 4.24. The molecule has 0 unspecified atom stereocenters. The van der Waals surface area contributed by atoms with Gasteiger partial charge in [-0.3, -0.25) is 14.4 Å². The highest BCUT2D eigenvalue weighted by atomic mass is 32.1. The molecule has 0 atom stereocenters. The van der Waals surface area contributed by atoms with Crippen molar-refractivity contribution in [1.29, 1.82) is 0 Å². The van der Waals surface area contributed by atoms with Gasteiger partial charge in [0, 0.05) is 48.6 Å². The largest absolute Gasteiger partial charge is 0.348 e. The molecule has 0 spiro atoms. The standard InChI is InChI=1S/C19H19N3O3S/c23-17(21-14-2-1-12-10-20-19(25)15(12)9-14)3-4-18(24)22-7-5-16-13(11-22)6-8-26-16/h1-2,6,8-9H,3-5,7,10-11H2,(H,20,25)(H,21,23). The van der Waals surface area contributed by atoms with Crippen LogP contribution in [0.4, 0.5) is 5.69 Å². The quantitative estimate of drug-likeness (QED) is 0.868.